The van der Waals surface area contributed by atoms with Crippen LogP contribution in [-0.2, 0) is 16.1 Å². The van der Waals surface area contributed by atoms with Gasteiger partial charge < -0.3 is 10.6 Å². The standard InChI is InChI=1S/C16H21FN2O2/c1-2-3-10-18-14(20)16(8-9-16)15(21)19-11-12-6-4-5-7-13(12)17/h4-7H,2-3,8-11H2,1H3,(H,18,20)(H,19,21). The average Bonchev–Trinajstić information content (AvgIpc) is 3.28. The summed E-state index contributed by atoms with van der Waals surface area (Å²) in [5.41, 5.74) is -0.507. The molecule has 2 amide bonds. The molecule has 0 bridgehead atoms. The summed E-state index contributed by atoms with van der Waals surface area (Å²) < 4.78 is 13.5. The second kappa shape index (κ2) is 6.70. The van der Waals surface area contributed by atoms with Gasteiger partial charge in [0.05, 0.1) is 0 Å². The van der Waals surface area contributed by atoms with Gasteiger partial charge in [0.2, 0.25) is 11.8 Å². The van der Waals surface area contributed by atoms with Crippen LogP contribution in [0.25, 0.3) is 0 Å². The Bertz CT molecular complexity index is 527. The number of rotatable bonds is 7. The molecule has 4 nitrogen and oxygen atoms in total. The minimum Gasteiger partial charge on any atom is -0.355 e. The summed E-state index contributed by atoms with van der Waals surface area (Å²) in [6.07, 6.45) is 3.02. The highest BCUT2D eigenvalue weighted by Crippen LogP contribution is 2.46. The van der Waals surface area contributed by atoms with Gasteiger partial charge in [0.25, 0.3) is 0 Å². The fourth-order valence-electron chi connectivity index (χ4n) is 2.22. The van der Waals surface area contributed by atoms with Gasteiger partial charge in [0.15, 0.2) is 0 Å². The zero-order valence-corrected chi connectivity index (χ0v) is 12.2. The Morgan fingerprint density at radius 3 is 2.48 bits per heavy atom. The molecule has 1 saturated carbocycles. The average molecular weight is 292 g/mol. The van der Waals surface area contributed by atoms with Crippen molar-refractivity contribution < 1.29 is 14.0 Å². The van der Waals surface area contributed by atoms with E-state index in [1.54, 1.807) is 18.2 Å². The van der Waals surface area contributed by atoms with Crippen molar-refractivity contribution in [3.63, 3.8) is 0 Å². The highest BCUT2D eigenvalue weighted by Gasteiger charge is 2.56. The monoisotopic (exact) mass is 292 g/mol. The normalized spacial score (nSPS) is 15.3. The van der Waals surface area contributed by atoms with Gasteiger partial charge in [0, 0.05) is 18.7 Å². The molecule has 1 fully saturated rings. The molecule has 0 aromatic heterocycles. The molecule has 1 aromatic rings. The molecule has 0 radical (unpaired) electrons. The van der Waals surface area contributed by atoms with Crippen LogP contribution in [0.3, 0.4) is 0 Å². The van der Waals surface area contributed by atoms with Crippen molar-refractivity contribution in [1.82, 2.24) is 10.6 Å². The Labute approximate surface area is 124 Å². The van der Waals surface area contributed by atoms with Gasteiger partial charge in [-0.1, -0.05) is 31.5 Å². The number of hydrogen-bond acceptors (Lipinski definition) is 2. The zero-order valence-electron chi connectivity index (χ0n) is 12.2. The first-order chi connectivity index (χ1) is 10.1. The Kier molecular flexibility index (Phi) is 4.94. The van der Waals surface area contributed by atoms with Gasteiger partial charge >= 0.3 is 0 Å². The number of carbonyl (C=O) groups excluding carboxylic acids is 2. The van der Waals surface area contributed by atoms with Crippen molar-refractivity contribution in [2.75, 3.05) is 6.54 Å². The Balaban J connectivity index is 1.88. The SMILES string of the molecule is CCCCNC(=O)C1(C(=O)NCc2ccccc2F)CC1. The van der Waals surface area contributed by atoms with Crippen molar-refractivity contribution in [3.05, 3.63) is 35.6 Å². The molecular weight excluding hydrogens is 271 g/mol. The molecule has 21 heavy (non-hydrogen) atoms. The molecule has 0 aliphatic heterocycles. The van der Waals surface area contributed by atoms with E-state index in [-0.39, 0.29) is 24.2 Å². The lowest BCUT2D eigenvalue weighted by Gasteiger charge is -2.15. The summed E-state index contributed by atoms with van der Waals surface area (Å²) in [5, 5.41) is 5.48. The van der Waals surface area contributed by atoms with E-state index in [0.29, 0.717) is 24.9 Å². The smallest absolute Gasteiger partial charge is 0.235 e. The predicted octanol–water partition coefficient (Wildman–Crippen LogP) is 2.14. The molecule has 114 valence electrons. The Morgan fingerprint density at radius 2 is 1.86 bits per heavy atom. The van der Waals surface area contributed by atoms with Crippen LogP contribution in [0.2, 0.25) is 0 Å². The van der Waals surface area contributed by atoms with Crippen LogP contribution in [0.15, 0.2) is 24.3 Å². The van der Waals surface area contributed by atoms with Gasteiger partial charge in [-0.2, -0.15) is 0 Å². The largest absolute Gasteiger partial charge is 0.355 e. The maximum atomic E-state index is 13.5. The summed E-state index contributed by atoms with van der Waals surface area (Å²) >= 11 is 0. The maximum absolute atomic E-state index is 13.5. The van der Waals surface area contributed by atoms with Gasteiger partial charge in [-0.3, -0.25) is 9.59 Å². The summed E-state index contributed by atoms with van der Waals surface area (Å²) in [7, 11) is 0. The highest BCUT2D eigenvalue weighted by molar-refractivity contribution is 6.07. The third kappa shape index (κ3) is 3.60. The second-order valence-electron chi connectivity index (χ2n) is 5.47. The van der Waals surface area contributed by atoms with E-state index in [0.717, 1.165) is 12.8 Å². The third-order valence-corrected chi connectivity index (χ3v) is 3.83. The van der Waals surface area contributed by atoms with Crippen molar-refractivity contribution in [1.29, 1.82) is 0 Å². The van der Waals surface area contributed by atoms with E-state index >= 15 is 0 Å². The van der Waals surface area contributed by atoms with Crippen molar-refractivity contribution in [2.24, 2.45) is 5.41 Å². The Morgan fingerprint density at radius 1 is 1.19 bits per heavy atom. The number of carbonyl (C=O) groups is 2. The van der Waals surface area contributed by atoms with Crippen molar-refractivity contribution in [2.45, 2.75) is 39.2 Å². The van der Waals surface area contributed by atoms with E-state index in [4.69, 9.17) is 0 Å². The molecule has 2 rings (SSSR count). The summed E-state index contributed by atoms with van der Waals surface area (Å²) in [6.45, 7) is 2.74. The summed E-state index contributed by atoms with van der Waals surface area (Å²) in [4.78, 5) is 24.3. The number of hydrogen-bond donors (Lipinski definition) is 2. The molecule has 0 atom stereocenters. The number of unbranched alkanes of at least 4 members (excludes halogenated alkanes) is 1. The van der Waals surface area contributed by atoms with Crippen LogP contribution < -0.4 is 10.6 Å². The quantitative estimate of drug-likeness (QED) is 0.597. The highest BCUT2D eigenvalue weighted by atomic mass is 19.1. The molecule has 0 saturated heterocycles. The fourth-order valence-corrected chi connectivity index (χ4v) is 2.22. The lowest BCUT2D eigenvalue weighted by Crippen LogP contribution is -2.43. The van der Waals surface area contributed by atoms with E-state index in [9.17, 15) is 14.0 Å². The van der Waals surface area contributed by atoms with E-state index < -0.39 is 5.41 Å². The first kappa shape index (κ1) is 15.5. The molecule has 0 unspecified atom stereocenters. The van der Waals surface area contributed by atoms with Crippen LogP contribution in [0.5, 0.6) is 0 Å². The lowest BCUT2D eigenvalue weighted by molar-refractivity contribution is -0.137. The first-order valence-electron chi connectivity index (χ1n) is 7.40. The van der Waals surface area contributed by atoms with Crippen LogP contribution in [0.1, 0.15) is 38.2 Å². The van der Waals surface area contributed by atoms with Crippen molar-refractivity contribution >= 4 is 11.8 Å². The van der Waals surface area contributed by atoms with Crippen LogP contribution in [-0.4, -0.2) is 18.4 Å². The summed E-state index contributed by atoms with van der Waals surface area (Å²) in [5.74, 6) is -0.864. The molecule has 0 spiro atoms. The van der Waals surface area contributed by atoms with Gasteiger partial charge in [-0.05, 0) is 25.3 Å². The zero-order chi connectivity index (χ0) is 15.3. The first-order valence-corrected chi connectivity index (χ1v) is 7.40. The maximum Gasteiger partial charge on any atom is 0.235 e. The van der Waals surface area contributed by atoms with Crippen molar-refractivity contribution in [3.8, 4) is 0 Å². The second-order valence-corrected chi connectivity index (χ2v) is 5.47. The molecule has 1 aliphatic rings. The number of benzene rings is 1. The minimum atomic E-state index is -0.932. The number of nitrogens with one attached hydrogen (secondary N) is 2. The topological polar surface area (TPSA) is 58.2 Å². The van der Waals surface area contributed by atoms with E-state index in [1.807, 2.05) is 6.92 Å². The van der Waals surface area contributed by atoms with Gasteiger partial charge in [-0.15, -0.1) is 0 Å². The van der Waals surface area contributed by atoms with Gasteiger partial charge in [0.1, 0.15) is 11.2 Å². The summed E-state index contributed by atoms with van der Waals surface area (Å²) in [6, 6.07) is 6.29. The van der Waals surface area contributed by atoms with Crippen LogP contribution in [0, 0.1) is 11.2 Å². The molecule has 0 heterocycles. The lowest BCUT2D eigenvalue weighted by atomic mass is 10.0. The predicted molar refractivity (Wildman–Crippen MR) is 77.8 cm³/mol. The molecule has 2 N–H and O–H groups in total. The number of amides is 2. The molecule has 5 heteroatoms. The molecular formula is C16H21FN2O2. The van der Waals surface area contributed by atoms with E-state index in [2.05, 4.69) is 10.6 Å². The van der Waals surface area contributed by atoms with Gasteiger partial charge in [-0.25, -0.2) is 4.39 Å². The fraction of sp³-hybridized carbons (Fsp3) is 0.500. The third-order valence-electron chi connectivity index (χ3n) is 3.83. The Hall–Kier alpha value is -1.91. The van der Waals surface area contributed by atoms with Crippen LogP contribution >= 0.6 is 0 Å². The minimum absolute atomic E-state index is 0.107. The molecule has 1 aliphatic carbocycles. The van der Waals surface area contributed by atoms with E-state index in [1.165, 1.54) is 6.07 Å². The van der Waals surface area contributed by atoms with Crippen LogP contribution in [0.4, 0.5) is 4.39 Å². The number of halogens is 1. The molecule has 1 aromatic carbocycles.